The fourth-order valence-corrected chi connectivity index (χ4v) is 5.85. The molecule has 0 unspecified atom stereocenters. The third kappa shape index (κ3) is 4.26. The third-order valence-electron chi connectivity index (χ3n) is 5.69. The van der Waals surface area contributed by atoms with E-state index >= 15 is 0 Å². The lowest BCUT2D eigenvalue weighted by atomic mass is 10.1. The Morgan fingerprint density at radius 1 is 0.969 bits per heavy atom. The topological polar surface area (TPSA) is 103 Å². The lowest BCUT2D eigenvalue weighted by Gasteiger charge is -2.23. The predicted octanol–water partition coefficient (Wildman–Crippen LogP) is 1.60. The Kier molecular flexibility index (Phi) is 6.99. The molecular weight excluding hydrogens is 436 g/mol. The van der Waals surface area contributed by atoms with Gasteiger partial charge in [-0.25, -0.2) is 8.42 Å². The molecule has 11 heteroatoms. The van der Waals surface area contributed by atoms with E-state index in [0.29, 0.717) is 53.7 Å². The molecule has 1 aliphatic rings. The van der Waals surface area contributed by atoms with E-state index in [1.807, 2.05) is 0 Å². The lowest BCUT2D eigenvalue weighted by Crippen LogP contribution is -2.37. The maximum atomic E-state index is 13.3. The van der Waals surface area contributed by atoms with Gasteiger partial charge in [-0.15, -0.1) is 0 Å². The van der Waals surface area contributed by atoms with Crippen LogP contribution < -0.4 is 14.2 Å². The van der Waals surface area contributed by atoms with Crippen molar-refractivity contribution in [3.63, 3.8) is 0 Å². The summed E-state index contributed by atoms with van der Waals surface area (Å²) in [7, 11) is 2.48. The van der Waals surface area contributed by atoms with Gasteiger partial charge in [0.1, 0.15) is 4.90 Å². The van der Waals surface area contributed by atoms with E-state index in [4.69, 9.17) is 14.2 Å². The zero-order valence-corrected chi connectivity index (χ0v) is 20.2. The summed E-state index contributed by atoms with van der Waals surface area (Å²) in [5, 5.41) is 4.24. The van der Waals surface area contributed by atoms with Crippen molar-refractivity contribution in [2.24, 2.45) is 7.05 Å². The van der Waals surface area contributed by atoms with Gasteiger partial charge in [-0.3, -0.25) is 9.48 Å². The summed E-state index contributed by atoms with van der Waals surface area (Å²) in [5.41, 5.74) is 1.45. The van der Waals surface area contributed by atoms with Crippen LogP contribution in [0, 0.1) is 13.8 Å². The van der Waals surface area contributed by atoms with Crippen LogP contribution in [0.4, 0.5) is 0 Å². The van der Waals surface area contributed by atoms with Gasteiger partial charge in [-0.1, -0.05) is 0 Å². The summed E-state index contributed by atoms with van der Waals surface area (Å²) in [6, 6.07) is 3.21. The predicted molar refractivity (Wildman–Crippen MR) is 118 cm³/mol. The van der Waals surface area contributed by atoms with Gasteiger partial charge in [0.2, 0.25) is 15.8 Å². The van der Waals surface area contributed by atoms with E-state index < -0.39 is 10.0 Å². The summed E-state index contributed by atoms with van der Waals surface area (Å²) >= 11 is 0. The van der Waals surface area contributed by atoms with Crippen molar-refractivity contribution in [3.8, 4) is 17.2 Å². The van der Waals surface area contributed by atoms with Gasteiger partial charge < -0.3 is 19.1 Å². The van der Waals surface area contributed by atoms with Gasteiger partial charge in [0.25, 0.3) is 5.91 Å². The van der Waals surface area contributed by atoms with Crippen molar-refractivity contribution >= 4 is 15.9 Å². The first-order valence-electron chi connectivity index (χ1n) is 10.2. The second-order valence-electron chi connectivity index (χ2n) is 7.59. The molecule has 0 radical (unpaired) electrons. The Hall–Kier alpha value is -2.79. The van der Waals surface area contributed by atoms with Crippen LogP contribution in [-0.4, -0.2) is 80.8 Å². The number of aromatic nitrogens is 2. The number of aryl methyl sites for hydroxylation is 2. The highest BCUT2D eigenvalue weighted by molar-refractivity contribution is 7.89. The molecule has 2 aromatic rings. The van der Waals surface area contributed by atoms with E-state index in [0.717, 1.165) is 0 Å². The Balaban J connectivity index is 1.83. The van der Waals surface area contributed by atoms with Crippen LogP contribution in [0.3, 0.4) is 0 Å². The molecule has 1 amide bonds. The maximum Gasteiger partial charge on any atom is 0.254 e. The number of hydrogen-bond donors (Lipinski definition) is 0. The van der Waals surface area contributed by atoms with Crippen LogP contribution >= 0.6 is 0 Å². The van der Waals surface area contributed by atoms with E-state index in [9.17, 15) is 13.2 Å². The molecule has 0 N–H and O–H groups in total. The Labute approximate surface area is 188 Å². The van der Waals surface area contributed by atoms with Crippen LogP contribution in [0.15, 0.2) is 17.0 Å². The normalized spacial score (nSPS) is 15.4. The number of methoxy groups -OCH3 is 3. The fourth-order valence-electron chi connectivity index (χ4n) is 3.98. The molecule has 0 saturated carbocycles. The van der Waals surface area contributed by atoms with Crippen molar-refractivity contribution < 1.29 is 27.4 Å². The molecule has 1 aromatic heterocycles. The first-order valence-corrected chi connectivity index (χ1v) is 11.7. The molecule has 32 heavy (non-hydrogen) atoms. The highest BCUT2D eigenvalue weighted by Crippen LogP contribution is 2.38. The van der Waals surface area contributed by atoms with Crippen LogP contribution in [-0.2, 0) is 17.1 Å². The Morgan fingerprint density at radius 2 is 1.59 bits per heavy atom. The second-order valence-corrected chi connectivity index (χ2v) is 9.46. The average Bonchev–Trinajstić information content (AvgIpc) is 2.94. The lowest BCUT2D eigenvalue weighted by molar-refractivity contribution is 0.0763. The minimum absolute atomic E-state index is 0.201. The van der Waals surface area contributed by atoms with E-state index in [-0.39, 0.29) is 23.9 Å². The minimum atomic E-state index is -3.71. The largest absolute Gasteiger partial charge is 0.493 e. The molecule has 0 spiro atoms. The molecule has 0 atom stereocenters. The van der Waals surface area contributed by atoms with Crippen molar-refractivity contribution in [3.05, 3.63) is 29.1 Å². The molecule has 10 nitrogen and oxygen atoms in total. The van der Waals surface area contributed by atoms with Gasteiger partial charge >= 0.3 is 0 Å². The van der Waals surface area contributed by atoms with Crippen LogP contribution in [0.25, 0.3) is 0 Å². The minimum Gasteiger partial charge on any atom is -0.493 e. The maximum absolute atomic E-state index is 13.3. The van der Waals surface area contributed by atoms with Crippen molar-refractivity contribution in [2.45, 2.75) is 25.2 Å². The van der Waals surface area contributed by atoms with Crippen molar-refractivity contribution in [1.82, 2.24) is 19.0 Å². The molecular formula is C21H30N4O6S. The second kappa shape index (κ2) is 9.37. The molecule has 3 rings (SSSR count). The molecule has 1 saturated heterocycles. The summed E-state index contributed by atoms with van der Waals surface area (Å²) in [4.78, 5) is 15.1. The van der Waals surface area contributed by atoms with Gasteiger partial charge in [0.15, 0.2) is 11.5 Å². The van der Waals surface area contributed by atoms with Crippen LogP contribution in [0.5, 0.6) is 17.2 Å². The molecule has 176 valence electrons. The number of rotatable bonds is 6. The number of nitrogens with zero attached hydrogens (tertiary/aromatic N) is 4. The fraction of sp³-hybridized carbons (Fsp3) is 0.524. The van der Waals surface area contributed by atoms with Gasteiger partial charge in [-0.05, 0) is 32.4 Å². The van der Waals surface area contributed by atoms with E-state index in [1.165, 1.54) is 25.6 Å². The number of amides is 1. The Bertz CT molecular complexity index is 1090. The molecule has 0 bridgehead atoms. The number of carbonyl (C=O) groups is 1. The SMILES string of the molecule is COc1cc(C(=O)N2CCCN(S(=O)(=O)c3c(C)nn(C)c3C)CC2)cc(OC)c1OC. The van der Waals surface area contributed by atoms with E-state index in [1.54, 1.807) is 42.6 Å². The first-order chi connectivity index (χ1) is 15.1. The first kappa shape index (κ1) is 23.9. The summed E-state index contributed by atoms with van der Waals surface area (Å²) in [6.45, 7) is 4.67. The standard InChI is InChI=1S/C21H30N4O6S/c1-14-20(15(2)23(3)22-14)32(27,28)25-9-7-8-24(10-11-25)21(26)16-12-17(29-4)19(31-6)18(13-16)30-5/h12-13H,7-11H2,1-6H3. The molecule has 1 aromatic carbocycles. The van der Waals surface area contributed by atoms with Crippen LogP contribution in [0.2, 0.25) is 0 Å². The summed E-state index contributed by atoms with van der Waals surface area (Å²) in [5.74, 6) is 0.952. The number of hydrogen-bond acceptors (Lipinski definition) is 7. The monoisotopic (exact) mass is 466 g/mol. The highest BCUT2D eigenvalue weighted by atomic mass is 32.2. The molecule has 1 aliphatic heterocycles. The number of ether oxygens (including phenoxy) is 3. The van der Waals surface area contributed by atoms with Crippen molar-refractivity contribution in [1.29, 1.82) is 0 Å². The number of sulfonamides is 1. The molecule has 0 aliphatic carbocycles. The summed E-state index contributed by atoms with van der Waals surface area (Å²) in [6.07, 6.45) is 0.522. The zero-order valence-electron chi connectivity index (χ0n) is 19.3. The molecule has 1 fully saturated rings. The molecule has 2 heterocycles. The highest BCUT2D eigenvalue weighted by Gasteiger charge is 2.33. The number of benzene rings is 1. The van der Waals surface area contributed by atoms with Crippen molar-refractivity contribution in [2.75, 3.05) is 47.5 Å². The van der Waals surface area contributed by atoms with Gasteiger partial charge in [-0.2, -0.15) is 9.40 Å². The Morgan fingerprint density at radius 3 is 2.09 bits per heavy atom. The van der Waals surface area contributed by atoms with Crippen LogP contribution in [0.1, 0.15) is 28.2 Å². The zero-order chi connectivity index (χ0) is 23.6. The van der Waals surface area contributed by atoms with Gasteiger partial charge in [0.05, 0.1) is 32.7 Å². The smallest absolute Gasteiger partial charge is 0.254 e. The summed E-state index contributed by atoms with van der Waals surface area (Å²) < 4.78 is 45.6. The van der Waals surface area contributed by atoms with E-state index in [2.05, 4.69) is 5.10 Å². The number of carbonyl (C=O) groups excluding carboxylic acids is 1. The quantitative estimate of drug-likeness (QED) is 0.637. The third-order valence-corrected chi connectivity index (χ3v) is 7.85. The van der Waals surface area contributed by atoms with Gasteiger partial charge in [0, 0.05) is 38.8 Å². The average molecular weight is 467 g/mol.